The van der Waals surface area contributed by atoms with Crippen molar-refractivity contribution in [3.63, 3.8) is 0 Å². The molecule has 4 heterocycles. The summed E-state index contributed by atoms with van der Waals surface area (Å²) in [5.41, 5.74) is 0.579. The van der Waals surface area contributed by atoms with Gasteiger partial charge < -0.3 is 14.4 Å². The summed E-state index contributed by atoms with van der Waals surface area (Å²) in [7, 11) is 0. The zero-order valence-corrected chi connectivity index (χ0v) is 17.1. The highest BCUT2D eigenvalue weighted by Crippen LogP contribution is 2.32. The summed E-state index contributed by atoms with van der Waals surface area (Å²) in [5, 5.41) is 8.94. The number of amides is 1. The molecule has 1 atom stereocenters. The molecular formula is C20H27ClN6O. The standard InChI is InChI=1S/C20H27ClN6O/c1-2-25-14-23-24-18(25)15-7-6-10-27(13-15)19-17(21)11-16(12-22-19)20(28)26-8-4-3-5-9-26/h11-12,14-15H,2-10,13H2,1H3. The molecule has 0 N–H and O–H groups in total. The van der Waals surface area contributed by atoms with E-state index in [0.29, 0.717) is 16.5 Å². The van der Waals surface area contributed by atoms with E-state index in [1.165, 1.54) is 6.42 Å². The average molecular weight is 403 g/mol. The van der Waals surface area contributed by atoms with Crippen LogP contribution in [-0.4, -0.2) is 56.7 Å². The summed E-state index contributed by atoms with van der Waals surface area (Å²) < 4.78 is 2.10. The third kappa shape index (κ3) is 3.85. The average Bonchev–Trinajstić information content (AvgIpc) is 3.23. The number of piperidine rings is 2. The Kier molecular flexibility index (Phi) is 5.80. The molecule has 2 aromatic heterocycles. The zero-order chi connectivity index (χ0) is 19.5. The second kappa shape index (κ2) is 8.47. The fourth-order valence-corrected chi connectivity index (χ4v) is 4.55. The smallest absolute Gasteiger partial charge is 0.255 e. The Morgan fingerprint density at radius 1 is 1.21 bits per heavy atom. The predicted octanol–water partition coefficient (Wildman–Crippen LogP) is 3.36. The van der Waals surface area contributed by atoms with Crippen molar-refractivity contribution in [2.75, 3.05) is 31.1 Å². The fraction of sp³-hybridized carbons (Fsp3) is 0.600. The Bertz CT molecular complexity index is 832. The molecule has 2 aliphatic rings. The van der Waals surface area contributed by atoms with Crippen molar-refractivity contribution in [3.05, 3.63) is 35.0 Å². The van der Waals surface area contributed by atoms with Crippen LogP contribution in [0.2, 0.25) is 5.02 Å². The summed E-state index contributed by atoms with van der Waals surface area (Å²) in [6.45, 7) is 6.33. The number of pyridine rings is 1. The molecule has 7 nitrogen and oxygen atoms in total. The summed E-state index contributed by atoms with van der Waals surface area (Å²) in [5.74, 6) is 2.13. The van der Waals surface area contributed by atoms with Crippen molar-refractivity contribution >= 4 is 23.3 Å². The van der Waals surface area contributed by atoms with Gasteiger partial charge in [-0.05, 0) is 45.1 Å². The molecule has 0 bridgehead atoms. The number of aromatic nitrogens is 4. The Hall–Kier alpha value is -2.15. The molecule has 1 amide bonds. The molecule has 1 unspecified atom stereocenters. The van der Waals surface area contributed by atoms with Crippen LogP contribution in [0.15, 0.2) is 18.6 Å². The van der Waals surface area contributed by atoms with E-state index in [2.05, 4.69) is 31.6 Å². The van der Waals surface area contributed by atoms with E-state index < -0.39 is 0 Å². The first-order valence-electron chi connectivity index (χ1n) is 10.2. The minimum Gasteiger partial charge on any atom is -0.355 e. The largest absolute Gasteiger partial charge is 0.355 e. The van der Waals surface area contributed by atoms with Gasteiger partial charge in [0.1, 0.15) is 18.0 Å². The highest BCUT2D eigenvalue weighted by Gasteiger charge is 2.27. The van der Waals surface area contributed by atoms with Crippen molar-refractivity contribution < 1.29 is 4.79 Å². The van der Waals surface area contributed by atoms with Crippen LogP contribution in [0.4, 0.5) is 5.82 Å². The molecule has 4 rings (SSSR count). The van der Waals surface area contributed by atoms with E-state index in [1.807, 2.05) is 4.90 Å². The van der Waals surface area contributed by atoms with E-state index in [0.717, 1.165) is 70.0 Å². The van der Waals surface area contributed by atoms with Gasteiger partial charge in [-0.25, -0.2) is 4.98 Å². The molecule has 150 valence electrons. The van der Waals surface area contributed by atoms with E-state index in [4.69, 9.17) is 11.6 Å². The maximum Gasteiger partial charge on any atom is 0.255 e. The molecular weight excluding hydrogens is 376 g/mol. The zero-order valence-electron chi connectivity index (χ0n) is 16.3. The minimum absolute atomic E-state index is 0.0354. The van der Waals surface area contributed by atoms with Crippen LogP contribution in [0.3, 0.4) is 0 Å². The third-order valence-electron chi connectivity index (χ3n) is 5.78. The van der Waals surface area contributed by atoms with Gasteiger partial charge in [-0.3, -0.25) is 4.79 Å². The highest BCUT2D eigenvalue weighted by molar-refractivity contribution is 6.33. The SMILES string of the molecule is CCn1cnnc1C1CCCN(c2ncc(C(=O)N3CCCCC3)cc2Cl)C1. The first-order valence-corrected chi connectivity index (χ1v) is 10.6. The number of carbonyl (C=O) groups is 1. The summed E-state index contributed by atoms with van der Waals surface area (Å²) in [6, 6.07) is 1.78. The summed E-state index contributed by atoms with van der Waals surface area (Å²) in [6.07, 6.45) is 8.94. The quantitative estimate of drug-likeness (QED) is 0.784. The van der Waals surface area contributed by atoms with Crippen molar-refractivity contribution in [3.8, 4) is 0 Å². The lowest BCUT2D eigenvalue weighted by Crippen LogP contribution is -2.37. The van der Waals surface area contributed by atoms with Crippen LogP contribution in [-0.2, 0) is 6.54 Å². The van der Waals surface area contributed by atoms with Gasteiger partial charge in [-0.15, -0.1) is 10.2 Å². The second-order valence-electron chi connectivity index (χ2n) is 7.64. The van der Waals surface area contributed by atoms with Gasteiger partial charge in [0.05, 0.1) is 10.6 Å². The maximum absolute atomic E-state index is 12.7. The summed E-state index contributed by atoms with van der Waals surface area (Å²) >= 11 is 6.57. The number of aryl methyl sites for hydroxylation is 1. The molecule has 8 heteroatoms. The first-order chi connectivity index (χ1) is 13.7. The monoisotopic (exact) mass is 402 g/mol. The lowest BCUT2D eigenvalue weighted by atomic mass is 9.97. The Labute approximate surface area is 170 Å². The molecule has 0 aliphatic carbocycles. The molecule has 2 aromatic rings. The number of carbonyl (C=O) groups excluding carboxylic acids is 1. The van der Waals surface area contributed by atoms with Gasteiger partial charge >= 0.3 is 0 Å². The molecule has 2 fully saturated rings. The van der Waals surface area contributed by atoms with E-state index >= 15 is 0 Å². The van der Waals surface area contributed by atoms with Gasteiger partial charge in [-0.1, -0.05) is 11.6 Å². The first kappa shape index (κ1) is 19.2. The third-order valence-corrected chi connectivity index (χ3v) is 6.06. The van der Waals surface area contributed by atoms with Gasteiger partial charge in [0.25, 0.3) is 5.91 Å². The normalized spacial score (nSPS) is 20.4. The predicted molar refractivity (Wildman–Crippen MR) is 109 cm³/mol. The number of hydrogen-bond acceptors (Lipinski definition) is 5. The number of nitrogens with zero attached hydrogens (tertiary/aromatic N) is 6. The lowest BCUT2D eigenvalue weighted by molar-refractivity contribution is 0.0724. The van der Waals surface area contributed by atoms with E-state index in [1.54, 1.807) is 18.6 Å². The lowest BCUT2D eigenvalue weighted by Gasteiger charge is -2.33. The number of anilines is 1. The van der Waals surface area contributed by atoms with Crippen LogP contribution >= 0.6 is 11.6 Å². The van der Waals surface area contributed by atoms with Crippen molar-refractivity contribution in [1.29, 1.82) is 0 Å². The van der Waals surface area contributed by atoms with Crippen LogP contribution in [0.25, 0.3) is 0 Å². The molecule has 2 aliphatic heterocycles. The van der Waals surface area contributed by atoms with Crippen LogP contribution in [0.5, 0.6) is 0 Å². The fourth-order valence-electron chi connectivity index (χ4n) is 4.26. The van der Waals surface area contributed by atoms with Crippen molar-refractivity contribution in [2.45, 2.75) is 51.5 Å². The van der Waals surface area contributed by atoms with Gasteiger partial charge in [0.15, 0.2) is 0 Å². The van der Waals surface area contributed by atoms with Gasteiger partial charge in [-0.2, -0.15) is 0 Å². The highest BCUT2D eigenvalue weighted by atomic mass is 35.5. The minimum atomic E-state index is 0.0354. The Morgan fingerprint density at radius 3 is 2.79 bits per heavy atom. The summed E-state index contributed by atoms with van der Waals surface area (Å²) in [4.78, 5) is 21.4. The van der Waals surface area contributed by atoms with Crippen molar-refractivity contribution in [2.24, 2.45) is 0 Å². The number of hydrogen-bond donors (Lipinski definition) is 0. The molecule has 0 aromatic carbocycles. The molecule has 28 heavy (non-hydrogen) atoms. The number of rotatable bonds is 4. The maximum atomic E-state index is 12.7. The topological polar surface area (TPSA) is 67.2 Å². The Morgan fingerprint density at radius 2 is 2.04 bits per heavy atom. The molecule has 2 saturated heterocycles. The molecule has 0 saturated carbocycles. The van der Waals surface area contributed by atoms with Crippen molar-refractivity contribution in [1.82, 2.24) is 24.6 Å². The van der Waals surface area contributed by atoms with E-state index in [-0.39, 0.29) is 5.91 Å². The second-order valence-corrected chi connectivity index (χ2v) is 8.05. The number of halogens is 1. The van der Waals surface area contributed by atoms with Crippen LogP contribution in [0.1, 0.15) is 61.1 Å². The van der Waals surface area contributed by atoms with Crippen LogP contribution < -0.4 is 4.90 Å². The van der Waals surface area contributed by atoms with Gasteiger partial charge in [0.2, 0.25) is 0 Å². The van der Waals surface area contributed by atoms with Gasteiger partial charge in [0, 0.05) is 44.8 Å². The number of likely N-dealkylation sites (tertiary alicyclic amines) is 1. The molecule has 0 radical (unpaired) electrons. The molecule has 0 spiro atoms. The van der Waals surface area contributed by atoms with E-state index in [9.17, 15) is 4.79 Å². The Balaban J connectivity index is 1.50. The van der Waals surface area contributed by atoms with Crippen LogP contribution in [0, 0.1) is 0 Å².